The summed E-state index contributed by atoms with van der Waals surface area (Å²) in [6, 6.07) is 0. The molecule has 1 amide bonds. The number of rotatable bonds is 12. The predicted octanol–water partition coefficient (Wildman–Crippen LogP) is 2.71. The fourth-order valence-corrected chi connectivity index (χ4v) is 2.31. The highest BCUT2D eigenvalue weighted by Gasteiger charge is 2.18. The molecule has 20 heavy (non-hydrogen) atoms. The van der Waals surface area contributed by atoms with Gasteiger partial charge in [-0.1, -0.05) is 33.6 Å². The molecule has 0 bridgehead atoms. The fraction of sp³-hybridized carbons (Fsp3) is 0.938. The monoisotopic (exact) mass is 286 g/mol. The second kappa shape index (κ2) is 11.1. The molecule has 3 N–H and O–H groups in total. The van der Waals surface area contributed by atoms with Gasteiger partial charge < -0.3 is 15.8 Å². The second-order valence-electron chi connectivity index (χ2n) is 6.45. The summed E-state index contributed by atoms with van der Waals surface area (Å²) in [7, 11) is 1.71. The first kappa shape index (κ1) is 19.4. The lowest BCUT2D eigenvalue weighted by molar-refractivity contribution is -0.121. The standard InChI is InChI=1S/C16H34N2O2/c1-5-6-14(9-11-17)7-8-15(19)18-13-16(2,3)10-12-20-4/h14H,5-13,17H2,1-4H3,(H,18,19). The number of hydrogen-bond acceptors (Lipinski definition) is 3. The molecular weight excluding hydrogens is 252 g/mol. The van der Waals surface area contributed by atoms with Crippen LogP contribution >= 0.6 is 0 Å². The largest absolute Gasteiger partial charge is 0.385 e. The van der Waals surface area contributed by atoms with Crippen LogP contribution in [0.1, 0.15) is 59.3 Å². The zero-order chi connectivity index (χ0) is 15.4. The third-order valence-electron chi connectivity index (χ3n) is 3.80. The summed E-state index contributed by atoms with van der Waals surface area (Å²) < 4.78 is 5.09. The molecule has 120 valence electrons. The SMILES string of the molecule is CCCC(CCN)CCC(=O)NCC(C)(C)CCOC. The molecule has 0 rings (SSSR count). The molecule has 0 aromatic rings. The van der Waals surface area contributed by atoms with E-state index in [1.54, 1.807) is 7.11 Å². The van der Waals surface area contributed by atoms with Crippen LogP contribution in [0.15, 0.2) is 0 Å². The van der Waals surface area contributed by atoms with Gasteiger partial charge in [0, 0.05) is 26.7 Å². The lowest BCUT2D eigenvalue weighted by Gasteiger charge is -2.24. The number of amides is 1. The zero-order valence-corrected chi connectivity index (χ0v) is 13.8. The quantitative estimate of drug-likeness (QED) is 0.580. The third-order valence-corrected chi connectivity index (χ3v) is 3.80. The van der Waals surface area contributed by atoms with Gasteiger partial charge in [0.25, 0.3) is 0 Å². The zero-order valence-electron chi connectivity index (χ0n) is 13.8. The van der Waals surface area contributed by atoms with Gasteiger partial charge in [-0.15, -0.1) is 0 Å². The Morgan fingerprint density at radius 3 is 2.55 bits per heavy atom. The first-order valence-corrected chi connectivity index (χ1v) is 7.91. The molecular formula is C16H34N2O2. The summed E-state index contributed by atoms with van der Waals surface area (Å²) in [4.78, 5) is 11.9. The molecule has 4 heteroatoms. The topological polar surface area (TPSA) is 64.4 Å². The Balaban J connectivity index is 3.91. The van der Waals surface area contributed by atoms with Crippen molar-refractivity contribution in [3.8, 4) is 0 Å². The molecule has 0 spiro atoms. The minimum atomic E-state index is 0.0890. The van der Waals surface area contributed by atoms with E-state index in [1.165, 1.54) is 6.42 Å². The van der Waals surface area contributed by atoms with Crippen LogP contribution in [0.2, 0.25) is 0 Å². The van der Waals surface area contributed by atoms with Gasteiger partial charge in [-0.25, -0.2) is 0 Å². The van der Waals surface area contributed by atoms with Gasteiger partial charge in [0.1, 0.15) is 0 Å². The van der Waals surface area contributed by atoms with Crippen molar-refractivity contribution in [2.24, 2.45) is 17.1 Å². The first-order chi connectivity index (χ1) is 9.45. The van der Waals surface area contributed by atoms with Gasteiger partial charge in [-0.2, -0.15) is 0 Å². The number of nitrogens with one attached hydrogen (secondary N) is 1. The van der Waals surface area contributed by atoms with E-state index in [-0.39, 0.29) is 11.3 Å². The maximum absolute atomic E-state index is 11.9. The van der Waals surface area contributed by atoms with Crippen molar-refractivity contribution in [1.82, 2.24) is 5.32 Å². The minimum Gasteiger partial charge on any atom is -0.385 e. The molecule has 0 fully saturated rings. The highest BCUT2D eigenvalue weighted by Crippen LogP contribution is 2.19. The van der Waals surface area contributed by atoms with E-state index >= 15 is 0 Å². The van der Waals surface area contributed by atoms with E-state index in [1.807, 2.05) is 0 Å². The maximum atomic E-state index is 11.9. The first-order valence-electron chi connectivity index (χ1n) is 7.91. The van der Waals surface area contributed by atoms with Crippen LogP contribution in [-0.2, 0) is 9.53 Å². The molecule has 0 saturated heterocycles. The van der Waals surface area contributed by atoms with E-state index in [0.717, 1.165) is 38.8 Å². The van der Waals surface area contributed by atoms with Crippen LogP contribution in [-0.4, -0.2) is 32.7 Å². The van der Waals surface area contributed by atoms with Crippen LogP contribution in [0.4, 0.5) is 0 Å². The third kappa shape index (κ3) is 10.2. The number of carbonyl (C=O) groups is 1. The molecule has 0 radical (unpaired) electrons. The Labute approximate surface area is 124 Å². The Morgan fingerprint density at radius 1 is 1.30 bits per heavy atom. The second-order valence-corrected chi connectivity index (χ2v) is 6.45. The van der Waals surface area contributed by atoms with E-state index < -0.39 is 0 Å². The molecule has 0 aliphatic rings. The van der Waals surface area contributed by atoms with Gasteiger partial charge in [0.15, 0.2) is 0 Å². The molecule has 0 heterocycles. The predicted molar refractivity (Wildman–Crippen MR) is 84.6 cm³/mol. The fourth-order valence-electron chi connectivity index (χ4n) is 2.31. The molecule has 0 aromatic heterocycles. The van der Waals surface area contributed by atoms with Gasteiger partial charge >= 0.3 is 0 Å². The van der Waals surface area contributed by atoms with E-state index in [9.17, 15) is 4.79 Å². The highest BCUT2D eigenvalue weighted by molar-refractivity contribution is 5.75. The summed E-state index contributed by atoms with van der Waals surface area (Å²) in [6.45, 7) is 8.65. The van der Waals surface area contributed by atoms with Crippen molar-refractivity contribution >= 4 is 5.91 Å². The smallest absolute Gasteiger partial charge is 0.220 e. The van der Waals surface area contributed by atoms with Crippen LogP contribution < -0.4 is 11.1 Å². The van der Waals surface area contributed by atoms with Crippen molar-refractivity contribution in [3.63, 3.8) is 0 Å². The van der Waals surface area contributed by atoms with Gasteiger partial charge in [0.05, 0.1) is 0 Å². The lowest BCUT2D eigenvalue weighted by Crippen LogP contribution is -2.34. The number of hydrogen-bond donors (Lipinski definition) is 2. The van der Waals surface area contributed by atoms with Gasteiger partial charge in [0.2, 0.25) is 5.91 Å². The summed E-state index contributed by atoms with van der Waals surface area (Å²) >= 11 is 0. The lowest BCUT2D eigenvalue weighted by atomic mass is 9.89. The average Bonchev–Trinajstić information content (AvgIpc) is 2.41. The molecule has 0 saturated carbocycles. The van der Waals surface area contributed by atoms with Crippen molar-refractivity contribution in [3.05, 3.63) is 0 Å². The molecule has 4 nitrogen and oxygen atoms in total. The molecule has 0 aliphatic heterocycles. The van der Waals surface area contributed by atoms with Crippen molar-refractivity contribution in [1.29, 1.82) is 0 Å². The Bertz CT molecular complexity index is 249. The van der Waals surface area contributed by atoms with Crippen LogP contribution in [0.25, 0.3) is 0 Å². The average molecular weight is 286 g/mol. The Hall–Kier alpha value is -0.610. The van der Waals surface area contributed by atoms with E-state index in [4.69, 9.17) is 10.5 Å². The molecule has 1 unspecified atom stereocenters. The number of carbonyl (C=O) groups excluding carboxylic acids is 1. The van der Waals surface area contributed by atoms with Crippen LogP contribution in [0, 0.1) is 11.3 Å². The highest BCUT2D eigenvalue weighted by atomic mass is 16.5. The van der Waals surface area contributed by atoms with Gasteiger partial charge in [-0.05, 0) is 37.1 Å². The number of nitrogens with two attached hydrogens (primary N) is 1. The molecule has 0 aromatic carbocycles. The van der Waals surface area contributed by atoms with E-state index in [0.29, 0.717) is 18.9 Å². The molecule has 0 aliphatic carbocycles. The van der Waals surface area contributed by atoms with Crippen molar-refractivity contribution < 1.29 is 9.53 Å². The number of ether oxygens (including phenoxy) is 1. The number of methoxy groups -OCH3 is 1. The van der Waals surface area contributed by atoms with Crippen molar-refractivity contribution in [2.45, 2.75) is 59.3 Å². The Morgan fingerprint density at radius 2 is 2.00 bits per heavy atom. The minimum absolute atomic E-state index is 0.0890. The normalized spacial score (nSPS) is 13.2. The van der Waals surface area contributed by atoms with Crippen LogP contribution in [0.3, 0.4) is 0 Å². The van der Waals surface area contributed by atoms with Crippen molar-refractivity contribution in [2.75, 3.05) is 26.8 Å². The van der Waals surface area contributed by atoms with Gasteiger partial charge in [-0.3, -0.25) is 4.79 Å². The van der Waals surface area contributed by atoms with E-state index in [2.05, 4.69) is 26.1 Å². The maximum Gasteiger partial charge on any atom is 0.220 e. The molecule has 1 atom stereocenters. The summed E-state index contributed by atoms with van der Waals surface area (Å²) in [5.74, 6) is 0.755. The summed E-state index contributed by atoms with van der Waals surface area (Å²) in [6.07, 6.45) is 5.89. The van der Waals surface area contributed by atoms with Crippen LogP contribution in [0.5, 0.6) is 0 Å². The summed E-state index contributed by atoms with van der Waals surface area (Å²) in [5.41, 5.74) is 5.70. The summed E-state index contributed by atoms with van der Waals surface area (Å²) in [5, 5.41) is 3.05. The Kier molecular flexibility index (Phi) is 10.8.